The van der Waals surface area contributed by atoms with Gasteiger partial charge in [-0.2, -0.15) is 0 Å². The molecule has 1 N–H and O–H groups in total. The largest absolute Gasteiger partial charge is 0.494 e. The molecule has 0 saturated heterocycles. The summed E-state index contributed by atoms with van der Waals surface area (Å²) in [6.07, 6.45) is 0.831. The standard InChI is InChI=1S/C20H25NO3/c1-4-19(16-8-6-15(3)7-9-16)21-20(22)14-24-18-12-10-17(11-13-18)23-5-2/h6-13,19H,4-5,14H2,1-3H3,(H,21,22)/t19-/m0/s1. The van der Waals surface area contributed by atoms with Crippen LogP contribution in [0.3, 0.4) is 0 Å². The second-order valence-corrected chi connectivity index (χ2v) is 5.63. The Kier molecular flexibility index (Phi) is 6.67. The summed E-state index contributed by atoms with van der Waals surface area (Å²) >= 11 is 0. The minimum Gasteiger partial charge on any atom is -0.494 e. The van der Waals surface area contributed by atoms with Gasteiger partial charge in [0.25, 0.3) is 5.91 Å². The fraction of sp³-hybridized carbons (Fsp3) is 0.350. The van der Waals surface area contributed by atoms with Crippen molar-refractivity contribution in [2.24, 2.45) is 0 Å². The lowest BCUT2D eigenvalue weighted by Gasteiger charge is -2.18. The number of nitrogens with one attached hydrogen (secondary N) is 1. The summed E-state index contributed by atoms with van der Waals surface area (Å²) in [6, 6.07) is 15.5. The Morgan fingerprint density at radius 2 is 1.54 bits per heavy atom. The van der Waals surface area contributed by atoms with Crippen molar-refractivity contribution in [1.82, 2.24) is 5.32 Å². The maximum atomic E-state index is 12.1. The van der Waals surface area contributed by atoms with Crippen LogP contribution in [0.25, 0.3) is 0 Å². The molecule has 2 aromatic rings. The first-order valence-corrected chi connectivity index (χ1v) is 8.34. The van der Waals surface area contributed by atoms with Crippen LogP contribution in [0.4, 0.5) is 0 Å². The Labute approximate surface area is 143 Å². The minimum atomic E-state index is -0.128. The van der Waals surface area contributed by atoms with Crippen LogP contribution < -0.4 is 14.8 Å². The number of rotatable bonds is 8. The van der Waals surface area contributed by atoms with E-state index in [1.807, 2.05) is 26.0 Å². The van der Waals surface area contributed by atoms with E-state index in [9.17, 15) is 4.79 Å². The second kappa shape index (κ2) is 8.96. The third-order valence-corrected chi connectivity index (χ3v) is 3.73. The van der Waals surface area contributed by atoms with E-state index in [1.165, 1.54) is 5.56 Å². The molecule has 24 heavy (non-hydrogen) atoms. The number of hydrogen-bond donors (Lipinski definition) is 1. The van der Waals surface area contributed by atoms with Gasteiger partial charge < -0.3 is 14.8 Å². The zero-order valence-electron chi connectivity index (χ0n) is 14.5. The van der Waals surface area contributed by atoms with Gasteiger partial charge in [-0.1, -0.05) is 36.8 Å². The lowest BCUT2D eigenvalue weighted by Crippen LogP contribution is -2.32. The zero-order valence-corrected chi connectivity index (χ0v) is 14.5. The van der Waals surface area contributed by atoms with Gasteiger partial charge in [0.05, 0.1) is 12.6 Å². The number of ether oxygens (including phenoxy) is 2. The highest BCUT2D eigenvalue weighted by atomic mass is 16.5. The predicted octanol–water partition coefficient (Wildman–Crippen LogP) is 4.04. The molecule has 4 heteroatoms. The summed E-state index contributed by atoms with van der Waals surface area (Å²) in [5.74, 6) is 1.31. The molecule has 2 aromatic carbocycles. The number of benzene rings is 2. The maximum absolute atomic E-state index is 12.1. The molecule has 0 heterocycles. The fourth-order valence-corrected chi connectivity index (χ4v) is 2.40. The van der Waals surface area contributed by atoms with E-state index in [0.29, 0.717) is 12.4 Å². The van der Waals surface area contributed by atoms with E-state index in [1.54, 1.807) is 12.1 Å². The number of carbonyl (C=O) groups is 1. The first kappa shape index (κ1) is 17.9. The summed E-state index contributed by atoms with van der Waals surface area (Å²) in [5.41, 5.74) is 2.32. The molecule has 0 aliphatic rings. The molecule has 4 nitrogen and oxygen atoms in total. The molecule has 0 spiro atoms. The van der Waals surface area contributed by atoms with Gasteiger partial charge in [-0.15, -0.1) is 0 Å². The van der Waals surface area contributed by atoms with Crippen molar-refractivity contribution in [2.75, 3.05) is 13.2 Å². The van der Waals surface area contributed by atoms with Crippen LogP contribution in [-0.2, 0) is 4.79 Å². The Bertz CT molecular complexity index is 635. The Morgan fingerprint density at radius 3 is 2.08 bits per heavy atom. The molecular formula is C20H25NO3. The van der Waals surface area contributed by atoms with Crippen molar-refractivity contribution in [1.29, 1.82) is 0 Å². The summed E-state index contributed by atoms with van der Waals surface area (Å²) in [5, 5.41) is 3.02. The minimum absolute atomic E-state index is 0.00188. The van der Waals surface area contributed by atoms with Crippen LogP contribution in [0.5, 0.6) is 11.5 Å². The monoisotopic (exact) mass is 327 g/mol. The van der Waals surface area contributed by atoms with Crippen LogP contribution in [0, 0.1) is 6.92 Å². The Balaban J connectivity index is 1.86. The number of amides is 1. The summed E-state index contributed by atoms with van der Waals surface area (Å²) in [7, 11) is 0. The topological polar surface area (TPSA) is 47.6 Å². The molecular weight excluding hydrogens is 302 g/mol. The molecule has 0 radical (unpaired) electrons. The van der Waals surface area contributed by atoms with Gasteiger partial charge in [-0.3, -0.25) is 4.79 Å². The number of carbonyl (C=O) groups excluding carboxylic acids is 1. The van der Waals surface area contributed by atoms with E-state index in [4.69, 9.17) is 9.47 Å². The van der Waals surface area contributed by atoms with Crippen LogP contribution >= 0.6 is 0 Å². The highest BCUT2D eigenvalue weighted by molar-refractivity contribution is 5.78. The predicted molar refractivity (Wildman–Crippen MR) is 95.5 cm³/mol. The highest BCUT2D eigenvalue weighted by Crippen LogP contribution is 2.19. The first-order valence-electron chi connectivity index (χ1n) is 8.34. The number of hydrogen-bond acceptors (Lipinski definition) is 3. The molecule has 0 unspecified atom stereocenters. The van der Waals surface area contributed by atoms with Crippen molar-refractivity contribution in [2.45, 2.75) is 33.2 Å². The molecule has 0 aromatic heterocycles. The van der Waals surface area contributed by atoms with E-state index in [-0.39, 0.29) is 18.6 Å². The first-order chi connectivity index (χ1) is 11.6. The Hall–Kier alpha value is -2.49. The average Bonchev–Trinajstić information content (AvgIpc) is 2.60. The summed E-state index contributed by atoms with van der Waals surface area (Å²) in [6.45, 7) is 6.66. The molecule has 2 rings (SSSR count). The van der Waals surface area contributed by atoms with Gasteiger partial charge in [0.15, 0.2) is 6.61 Å². The maximum Gasteiger partial charge on any atom is 0.258 e. The van der Waals surface area contributed by atoms with Crippen molar-refractivity contribution in [3.63, 3.8) is 0 Å². The van der Waals surface area contributed by atoms with E-state index in [2.05, 4.69) is 36.5 Å². The van der Waals surface area contributed by atoms with Crippen LogP contribution in [0.15, 0.2) is 48.5 Å². The molecule has 0 saturated carbocycles. The number of aryl methyl sites for hydroxylation is 1. The summed E-state index contributed by atoms with van der Waals surface area (Å²) in [4.78, 5) is 12.1. The van der Waals surface area contributed by atoms with Gasteiger partial charge in [-0.25, -0.2) is 0 Å². The highest BCUT2D eigenvalue weighted by Gasteiger charge is 2.13. The lowest BCUT2D eigenvalue weighted by molar-refractivity contribution is -0.123. The zero-order chi connectivity index (χ0) is 17.4. The smallest absolute Gasteiger partial charge is 0.258 e. The second-order valence-electron chi connectivity index (χ2n) is 5.63. The molecule has 0 aliphatic heterocycles. The van der Waals surface area contributed by atoms with Crippen molar-refractivity contribution in [3.05, 3.63) is 59.7 Å². The van der Waals surface area contributed by atoms with Gasteiger partial charge in [0, 0.05) is 0 Å². The van der Waals surface area contributed by atoms with Crippen LogP contribution in [-0.4, -0.2) is 19.1 Å². The van der Waals surface area contributed by atoms with Crippen molar-refractivity contribution >= 4 is 5.91 Å². The van der Waals surface area contributed by atoms with Crippen molar-refractivity contribution < 1.29 is 14.3 Å². The third kappa shape index (κ3) is 5.30. The van der Waals surface area contributed by atoms with Gasteiger partial charge in [-0.05, 0) is 50.1 Å². The van der Waals surface area contributed by atoms with Gasteiger partial charge in [0.2, 0.25) is 0 Å². The van der Waals surface area contributed by atoms with Crippen molar-refractivity contribution in [3.8, 4) is 11.5 Å². The SMILES string of the molecule is CCOc1ccc(OCC(=O)N[C@@H](CC)c2ccc(C)cc2)cc1. The molecule has 1 amide bonds. The van der Waals surface area contributed by atoms with E-state index in [0.717, 1.165) is 17.7 Å². The molecule has 1 atom stereocenters. The fourth-order valence-electron chi connectivity index (χ4n) is 2.40. The third-order valence-electron chi connectivity index (χ3n) is 3.73. The molecule has 0 bridgehead atoms. The van der Waals surface area contributed by atoms with E-state index >= 15 is 0 Å². The Morgan fingerprint density at radius 1 is 0.958 bits per heavy atom. The van der Waals surface area contributed by atoms with Crippen LogP contribution in [0.2, 0.25) is 0 Å². The van der Waals surface area contributed by atoms with Gasteiger partial charge >= 0.3 is 0 Å². The van der Waals surface area contributed by atoms with Gasteiger partial charge in [0.1, 0.15) is 11.5 Å². The van der Waals surface area contributed by atoms with E-state index < -0.39 is 0 Å². The molecule has 0 fully saturated rings. The molecule has 0 aliphatic carbocycles. The molecule has 128 valence electrons. The average molecular weight is 327 g/mol. The lowest BCUT2D eigenvalue weighted by atomic mass is 10.0. The summed E-state index contributed by atoms with van der Waals surface area (Å²) < 4.78 is 10.9. The normalized spacial score (nSPS) is 11.6. The quantitative estimate of drug-likeness (QED) is 0.796. The van der Waals surface area contributed by atoms with Crippen LogP contribution in [0.1, 0.15) is 37.4 Å².